The molecule has 0 atom stereocenters. The molecule has 0 aromatic heterocycles. The SMILES string of the molecule is CC1=CC(C)(C)N(C)c2cc(C)c(/C=C3/SC(=O)N(CC(=O)Nc4ccc(C)cc4C)C3=O)cc21. The number of benzene rings is 2. The van der Waals surface area contributed by atoms with E-state index in [9.17, 15) is 14.4 Å². The van der Waals surface area contributed by atoms with Crippen LogP contribution in [-0.2, 0) is 9.59 Å². The maximum absolute atomic E-state index is 13.0. The van der Waals surface area contributed by atoms with Crippen LogP contribution in [0.2, 0.25) is 0 Å². The Labute approximate surface area is 211 Å². The van der Waals surface area contributed by atoms with Gasteiger partial charge in [0.1, 0.15) is 6.54 Å². The minimum Gasteiger partial charge on any atom is -0.365 e. The van der Waals surface area contributed by atoms with Crippen molar-refractivity contribution in [3.8, 4) is 0 Å². The Hall–Kier alpha value is -3.32. The van der Waals surface area contributed by atoms with E-state index in [0.29, 0.717) is 10.6 Å². The number of hydrogen-bond donors (Lipinski definition) is 1. The topological polar surface area (TPSA) is 69.7 Å². The van der Waals surface area contributed by atoms with Gasteiger partial charge in [0.05, 0.1) is 10.4 Å². The Morgan fingerprint density at radius 2 is 1.77 bits per heavy atom. The second kappa shape index (κ2) is 9.04. The van der Waals surface area contributed by atoms with Crippen molar-refractivity contribution in [2.45, 2.75) is 47.1 Å². The first-order valence-corrected chi connectivity index (χ1v) is 12.4. The highest BCUT2D eigenvalue weighted by Crippen LogP contribution is 2.40. The number of imide groups is 1. The number of thioether (sulfide) groups is 1. The lowest BCUT2D eigenvalue weighted by atomic mass is 9.87. The number of fused-ring (bicyclic) bond motifs is 1. The van der Waals surface area contributed by atoms with Crippen LogP contribution in [0.4, 0.5) is 16.2 Å². The first-order chi connectivity index (χ1) is 16.4. The third-order valence-electron chi connectivity index (χ3n) is 6.72. The van der Waals surface area contributed by atoms with Crippen LogP contribution in [0.15, 0.2) is 41.3 Å². The summed E-state index contributed by atoms with van der Waals surface area (Å²) in [4.78, 5) is 41.8. The molecule has 1 fully saturated rings. The van der Waals surface area contributed by atoms with Crippen molar-refractivity contribution in [2.75, 3.05) is 23.8 Å². The van der Waals surface area contributed by atoms with Gasteiger partial charge in [-0.05, 0) is 99.8 Å². The number of anilines is 2. The zero-order chi connectivity index (χ0) is 25.7. The van der Waals surface area contributed by atoms with Gasteiger partial charge in [-0.3, -0.25) is 19.3 Å². The van der Waals surface area contributed by atoms with Crippen LogP contribution in [0.25, 0.3) is 11.6 Å². The zero-order valence-corrected chi connectivity index (χ0v) is 22.1. The minimum absolute atomic E-state index is 0.0919. The monoisotopic (exact) mass is 489 g/mol. The predicted molar refractivity (Wildman–Crippen MR) is 145 cm³/mol. The molecule has 1 N–H and O–H groups in total. The number of carbonyl (C=O) groups excluding carboxylic acids is 3. The van der Waals surface area contributed by atoms with E-state index in [1.807, 2.05) is 39.0 Å². The van der Waals surface area contributed by atoms with E-state index in [0.717, 1.165) is 50.2 Å². The molecule has 0 saturated carbocycles. The maximum atomic E-state index is 13.0. The van der Waals surface area contributed by atoms with Crippen molar-refractivity contribution in [3.05, 3.63) is 69.1 Å². The van der Waals surface area contributed by atoms with Crippen LogP contribution in [-0.4, -0.2) is 41.1 Å². The van der Waals surface area contributed by atoms with E-state index in [1.54, 1.807) is 6.08 Å². The summed E-state index contributed by atoms with van der Waals surface area (Å²) in [6, 6.07) is 9.89. The number of hydrogen-bond acceptors (Lipinski definition) is 5. The van der Waals surface area contributed by atoms with E-state index in [4.69, 9.17) is 0 Å². The molecule has 182 valence electrons. The lowest BCUT2D eigenvalue weighted by Gasteiger charge is -2.41. The van der Waals surface area contributed by atoms with E-state index < -0.39 is 17.1 Å². The molecule has 6 nitrogen and oxygen atoms in total. The molecule has 0 spiro atoms. The van der Waals surface area contributed by atoms with Crippen LogP contribution in [0.1, 0.15) is 48.6 Å². The summed E-state index contributed by atoms with van der Waals surface area (Å²) in [6.45, 7) is 12.0. The molecule has 0 radical (unpaired) electrons. The van der Waals surface area contributed by atoms with Crippen LogP contribution in [0.3, 0.4) is 0 Å². The number of nitrogens with one attached hydrogen (secondary N) is 1. The van der Waals surface area contributed by atoms with Crippen molar-refractivity contribution in [1.29, 1.82) is 0 Å². The van der Waals surface area contributed by atoms with Gasteiger partial charge in [0.25, 0.3) is 11.1 Å². The molecule has 3 amide bonds. The highest BCUT2D eigenvalue weighted by molar-refractivity contribution is 8.18. The van der Waals surface area contributed by atoms with Gasteiger partial charge in [-0.25, -0.2) is 0 Å². The lowest BCUT2D eigenvalue weighted by molar-refractivity contribution is -0.127. The van der Waals surface area contributed by atoms with Gasteiger partial charge >= 0.3 is 0 Å². The minimum atomic E-state index is -0.446. The Morgan fingerprint density at radius 3 is 2.46 bits per heavy atom. The summed E-state index contributed by atoms with van der Waals surface area (Å²) >= 11 is 0.871. The number of aryl methyl sites for hydroxylation is 3. The summed E-state index contributed by atoms with van der Waals surface area (Å²) in [5.41, 5.74) is 7.92. The first kappa shape index (κ1) is 24.8. The number of carbonyl (C=O) groups is 3. The van der Waals surface area contributed by atoms with Gasteiger partial charge in [-0.2, -0.15) is 0 Å². The summed E-state index contributed by atoms with van der Waals surface area (Å²) in [6.07, 6.45) is 3.99. The van der Waals surface area contributed by atoms with Crippen molar-refractivity contribution in [1.82, 2.24) is 4.90 Å². The standard InChI is InChI=1S/C28H31N3O3S/c1-16-8-9-22(18(3)10-16)29-25(32)15-31-26(33)24(35-27(31)34)13-20-12-21-19(4)14-28(5,6)30(7)23(21)11-17(20)2/h8-14H,15H2,1-7H3,(H,29,32)/b24-13+. The van der Waals surface area contributed by atoms with Gasteiger partial charge in [-0.1, -0.05) is 23.8 Å². The largest absolute Gasteiger partial charge is 0.365 e. The molecule has 2 aliphatic heterocycles. The average molecular weight is 490 g/mol. The normalized spacial score (nSPS) is 18.1. The van der Waals surface area contributed by atoms with Gasteiger partial charge in [0.15, 0.2) is 0 Å². The van der Waals surface area contributed by atoms with Crippen LogP contribution >= 0.6 is 11.8 Å². The lowest BCUT2D eigenvalue weighted by Crippen LogP contribution is -2.42. The molecule has 1 saturated heterocycles. The van der Waals surface area contributed by atoms with Gasteiger partial charge in [-0.15, -0.1) is 0 Å². The third kappa shape index (κ3) is 4.78. The second-order valence-corrected chi connectivity index (χ2v) is 10.9. The fraction of sp³-hybridized carbons (Fsp3) is 0.321. The number of likely N-dealkylation sites (N-methyl/N-ethyl adjacent to an activating group) is 1. The molecule has 7 heteroatoms. The number of allylic oxidation sites excluding steroid dienone is 1. The quantitative estimate of drug-likeness (QED) is 0.540. The van der Waals surface area contributed by atoms with E-state index in [1.165, 1.54) is 5.57 Å². The molecule has 2 aliphatic rings. The smallest absolute Gasteiger partial charge is 0.294 e. The van der Waals surface area contributed by atoms with Crippen LogP contribution in [0, 0.1) is 20.8 Å². The average Bonchev–Trinajstić information content (AvgIpc) is 3.02. The predicted octanol–water partition coefficient (Wildman–Crippen LogP) is 5.92. The molecular formula is C28H31N3O3S. The fourth-order valence-electron chi connectivity index (χ4n) is 4.54. The Morgan fingerprint density at radius 1 is 1.06 bits per heavy atom. The summed E-state index contributed by atoms with van der Waals surface area (Å²) < 4.78 is 0. The second-order valence-electron chi connectivity index (χ2n) is 9.90. The van der Waals surface area contributed by atoms with Crippen molar-refractivity contribution in [3.63, 3.8) is 0 Å². The number of amides is 3. The first-order valence-electron chi connectivity index (χ1n) is 11.6. The molecule has 35 heavy (non-hydrogen) atoms. The van der Waals surface area contributed by atoms with Crippen LogP contribution in [0.5, 0.6) is 0 Å². The Kier molecular flexibility index (Phi) is 6.40. The molecule has 4 rings (SSSR count). The van der Waals surface area contributed by atoms with Crippen molar-refractivity contribution >= 4 is 51.8 Å². The maximum Gasteiger partial charge on any atom is 0.294 e. The number of rotatable bonds is 4. The molecule has 2 aromatic carbocycles. The van der Waals surface area contributed by atoms with Gasteiger partial charge in [0.2, 0.25) is 5.91 Å². The Balaban J connectivity index is 1.55. The number of nitrogens with zero attached hydrogens (tertiary/aromatic N) is 2. The molecule has 0 bridgehead atoms. The highest BCUT2D eigenvalue weighted by Gasteiger charge is 2.36. The molecule has 0 aliphatic carbocycles. The highest BCUT2D eigenvalue weighted by atomic mass is 32.2. The fourth-order valence-corrected chi connectivity index (χ4v) is 5.37. The summed E-state index contributed by atoms with van der Waals surface area (Å²) in [5, 5.41) is 2.36. The third-order valence-corrected chi connectivity index (χ3v) is 7.63. The Bertz CT molecular complexity index is 1320. The van der Waals surface area contributed by atoms with Crippen molar-refractivity contribution in [2.24, 2.45) is 0 Å². The van der Waals surface area contributed by atoms with Gasteiger partial charge < -0.3 is 10.2 Å². The molecular weight excluding hydrogens is 458 g/mol. The molecule has 2 heterocycles. The van der Waals surface area contributed by atoms with E-state index in [-0.39, 0.29) is 12.1 Å². The van der Waals surface area contributed by atoms with Gasteiger partial charge in [0, 0.05) is 24.0 Å². The summed E-state index contributed by atoms with van der Waals surface area (Å²) in [5.74, 6) is -0.852. The van der Waals surface area contributed by atoms with E-state index in [2.05, 4.69) is 56.2 Å². The summed E-state index contributed by atoms with van der Waals surface area (Å²) in [7, 11) is 2.08. The van der Waals surface area contributed by atoms with E-state index >= 15 is 0 Å². The molecule has 0 unspecified atom stereocenters. The zero-order valence-electron chi connectivity index (χ0n) is 21.3. The van der Waals surface area contributed by atoms with Crippen molar-refractivity contribution < 1.29 is 14.4 Å². The molecule has 2 aromatic rings. The van der Waals surface area contributed by atoms with Crippen LogP contribution < -0.4 is 10.2 Å².